The first kappa shape index (κ1) is 19.7. The molecule has 1 aromatic carbocycles. The smallest absolute Gasteiger partial charge is 0.255 e. The lowest BCUT2D eigenvalue weighted by atomic mass is 9.97. The average Bonchev–Trinajstić information content (AvgIpc) is 2.74. The van der Waals surface area contributed by atoms with Gasteiger partial charge in [-0.2, -0.15) is 0 Å². The maximum absolute atomic E-state index is 12.7. The molecule has 1 aliphatic rings. The summed E-state index contributed by atoms with van der Waals surface area (Å²) in [6.45, 7) is 0.813. The van der Waals surface area contributed by atoms with Gasteiger partial charge in [0.25, 0.3) is 5.91 Å². The van der Waals surface area contributed by atoms with Crippen molar-refractivity contribution in [3.8, 4) is 11.5 Å². The molecule has 0 spiro atoms. The van der Waals surface area contributed by atoms with Crippen molar-refractivity contribution in [3.05, 3.63) is 53.7 Å². The Hall–Kier alpha value is -3.02. The third kappa shape index (κ3) is 5.25. The molecule has 148 valence electrons. The molecule has 2 N–H and O–H groups in total. The highest BCUT2D eigenvalue weighted by Gasteiger charge is 2.12. The van der Waals surface area contributed by atoms with Crippen LogP contribution in [0.2, 0.25) is 0 Å². The molecule has 3 rings (SSSR count). The molecule has 0 atom stereocenters. The lowest BCUT2D eigenvalue weighted by Crippen LogP contribution is -2.14. The number of nitrogens with one attached hydrogen (secondary N) is 2. The summed E-state index contributed by atoms with van der Waals surface area (Å²) in [4.78, 5) is 17.0. The van der Waals surface area contributed by atoms with Crippen LogP contribution in [-0.2, 0) is 0 Å². The summed E-state index contributed by atoms with van der Waals surface area (Å²) in [5.41, 5.74) is 2.60. The van der Waals surface area contributed by atoms with E-state index in [1.165, 1.54) is 31.3 Å². The van der Waals surface area contributed by atoms with Crippen LogP contribution in [0, 0.1) is 0 Å². The fourth-order valence-electron chi connectivity index (χ4n) is 3.26. The minimum absolute atomic E-state index is 0.230. The van der Waals surface area contributed by atoms with E-state index in [-0.39, 0.29) is 5.91 Å². The predicted octanol–water partition coefficient (Wildman–Crippen LogP) is 4.65. The highest BCUT2D eigenvalue weighted by molar-refractivity contribution is 6.05. The summed E-state index contributed by atoms with van der Waals surface area (Å²) in [7, 11) is 3.14. The van der Waals surface area contributed by atoms with E-state index in [9.17, 15) is 4.79 Å². The lowest BCUT2D eigenvalue weighted by molar-refractivity contribution is 0.102. The van der Waals surface area contributed by atoms with Gasteiger partial charge in [-0.05, 0) is 56.4 Å². The number of nitrogens with zero attached hydrogens (tertiary/aromatic N) is 1. The van der Waals surface area contributed by atoms with Crippen molar-refractivity contribution < 1.29 is 14.3 Å². The quantitative estimate of drug-likeness (QED) is 0.651. The average molecular weight is 381 g/mol. The van der Waals surface area contributed by atoms with E-state index < -0.39 is 0 Å². The molecule has 0 radical (unpaired) electrons. The maximum atomic E-state index is 12.7. The van der Waals surface area contributed by atoms with Crippen molar-refractivity contribution in [2.75, 3.05) is 31.4 Å². The summed E-state index contributed by atoms with van der Waals surface area (Å²) in [6, 6.07) is 8.72. The summed E-state index contributed by atoms with van der Waals surface area (Å²) < 4.78 is 10.5. The first-order valence-electron chi connectivity index (χ1n) is 9.61. The minimum Gasteiger partial charge on any atom is -0.497 e. The number of allylic oxidation sites excluding steroid dienone is 1. The number of anilines is 2. The van der Waals surface area contributed by atoms with Crippen molar-refractivity contribution in [1.29, 1.82) is 0 Å². The molecule has 0 bridgehead atoms. The number of methoxy groups -OCH3 is 2. The van der Waals surface area contributed by atoms with Crippen LogP contribution in [0.3, 0.4) is 0 Å². The number of carbonyl (C=O) groups is 1. The third-order valence-electron chi connectivity index (χ3n) is 4.81. The number of amides is 1. The largest absolute Gasteiger partial charge is 0.497 e. The Morgan fingerprint density at radius 1 is 1.14 bits per heavy atom. The van der Waals surface area contributed by atoms with Gasteiger partial charge in [0, 0.05) is 24.4 Å². The molecule has 1 heterocycles. The second-order valence-corrected chi connectivity index (χ2v) is 6.74. The lowest BCUT2D eigenvalue weighted by Gasteiger charge is -2.14. The van der Waals surface area contributed by atoms with Crippen LogP contribution in [0.15, 0.2) is 48.2 Å². The van der Waals surface area contributed by atoms with Gasteiger partial charge in [0.1, 0.15) is 17.3 Å². The van der Waals surface area contributed by atoms with Crippen LogP contribution in [-0.4, -0.2) is 31.7 Å². The molecule has 0 unspecified atom stereocenters. The van der Waals surface area contributed by atoms with E-state index >= 15 is 0 Å². The van der Waals surface area contributed by atoms with Crippen LogP contribution in [0.4, 0.5) is 11.5 Å². The SMILES string of the molecule is COc1ccc(OC)c(NC(=O)c2ccnc(NCCC3=CCCCC3)c2)c1. The van der Waals surface area contributed by atoms with Gasteiger partial charge in [0.15, 0.2) is 0 Å². The number of hydrogen-bond acceptors (Lipinski definition) is 5. The summed E-state index contributed by atoms with van der Waals surface area (Å²) in [5.74, 6) is 1.68. The normalized spacial score (nSPS) is 13.4. The maximum Gasteiger partial charge on any atom is 0.255 e. The van der Waals surface area contributed by atoms with Crippen LogP contribution in [0.1, 0.15) is 42.5 Å². The van der Waals surface area contributed by atoms with E-state index in [2.05, 4.69) is 21.7 Å². The van der Waals surface area contributed by atoms with Crippen LogP contribution in [0.25, 0.3) is 0 Å². The number of benzene rings is 1. The predicted molar refractivity (Wildman–Crippen MR) is 111 cm³/mol. The van der Waals surface area contributed by atoms with Gasteiger partial charge < -0.3 is 20.1 Å². The van der Waals surface area contributed by atoms with Gasteiger partial charge in [-0.1, -0.05) is 11.6 Å². The first-order valence-corrected chi connectivity index (χ1v) is 9.61. The van der Waals surface area contributed by atoms with Crippen molar-refractivity contribution >= 4 is 17.4 Å². The highest BCUT2D eigenvalue weighted by Crippen LogP contribution is 2.29. The molecule has 0 saturated carbocycles. The Labute approximate surface area is 166 Å². The number of ether oxygens (including phenoxy) is 2. The molecular weight excluding hydrogens is 354 g/mol. The standard InChI is InChI=1S/C22H27N3O3/c1-27-18-8-9-20(28-2)19(15-18)25-22(26)17-11-13-24-21(14-17)23-12-10-16-6-4-3-5-7-16/h6,8-9,11,13-15H,3-5,7,10,12H2,1-2H3,(H,23,24)(H,25,26). The number of carbonyl (C=O) groups excluding carboxylic acids is 1. The molecule has 28 heavy (non-hydrogen) atoms. The van der Waals surface area contributed by atoms with Crippen molar-refractivity contribution in [2.24, 2.45) is 0 Å². The van der Waals surface area contributed by atoms with E-state index in [1.807, 2.05) is 0 Å². The van der Waals surface area contributed by atoms with E-state index in [0.717, 1.165) is 13.0 Å². The van der Waals surface area contributed by atoms with Crippen molar-refractivity contribution in [1.82, 2.24) is 4.98 Å². The second-order valence-electron chi connectivity index (χ2n) is 6.74. The highest BCUT2D eigenvalue weighted by atomic mass is 16.5. The van der Waals surface area contributed by atoms with E-state index in [0.29, 0.717) is 28.6 Å². The molecular formula is C22H27N3O3. The van der Waals surface area contributed by atoms with Gasteiger partial charge >= 0.3 is 0 Å². The van der Waals surface area contributed by atoms with Gasteiger partial charge in [0.2, 0.25) is 0 Å². The zero-order valence-corrected chi connectivity index (χ0v) is 16.5. The molecule has 0 aliphatic heterocycles. The molecule has 0 fully saturated rings. The Morgan fingerprint density at radius 3 is 2.79 bits per heavy atom. The van der Waals surface area contributed by atoms with Gasteiger partial charge in [0.05, 0.1) is 19.9 Å². The monoisotopic (exact) mass is 381 g/mol. The minimum atomic E-state index is -0.230. The van der Waals surface area contributed by atoms with Gasteiger partial charge in [-0.3, -0.25) is 4.79 Å². The van der Waals surface area contributed by atoms with Crippen LogP contribution < -0.4 is 20.1 Å². The molecule has 2 aromatic rings. The molecule has 1 aliphatic carbocycles. The number of hydrogen-bond donors (Lipinski definition) is 2. The third-order valence-corrected chi connectivity index (χ3v) is 4.81. The number of rotatable bonds is 8. The first-order chi connectivity index (χ1) is 13.7. The molecule has 1 aromatic heterocycles. The Morgan fingerprint density at radius 2 is 2.04 bits per heavy atom. The van der Waals surface area contributed by atoms with Crippen molar-refractivity contribution in [3.63, 3.8) is 0 Å². The molecule has 0 saturated heterocycles. The summed E-state index contributed by atoms with van der Waals surface area (Å²) in [5, 5.41) is 6.19. The van der Waals surface area contributed by atoms with E-state index in [4.69, 9.17) is 9.47 Å². The Bertz CT molecular complexity index is 849. The fourth-order valence-corrected chi connectivity index (χ4v) is 3.26. The molecule has 6 nitrogen and oxygen atoms in total. The van der Waals surface area contributed by atoms with Gasteiger partial charge in [-0.25, -0.2) is 4.98 Å². The molecule has 6 heteroatoms. The van der Waals surface area contributed by atoms with Gasteiger partial charge in [-0.15, -0.1) is 0 Å². The number of aromatic nitrogens is 1. The summed E-state index contributed by atoms with van der Waals surface area (Å²) in [6.07, 6.45) is 9.97. The molecule has 1 amide bonds. The second kappa shape index (κ2) is 9.78. The number of pyridine rings is 1. The van der Waals surface area contributed by atoms with Crippen molar-refractivity contribution in [2.45, 2.75) is 32.1 Å². The zero-order chi connectivity index (χ0) is 19.8. The Kier molecular flexibility index (Phi) is 6.89. The van der Waals surface area contributed by atoms with Crippen LogP contribution >= 0.6 is 0 Å². The topological polar surface area (TPSA) is 72.5 Å². The van der Waals surface area contributed by atoms with E-state index in [1.54, 1.807) is 50.7 Å². The fraction of sp³-hybridized carbons (Fsp3) is 0.364. The summed E-state index contributed by atoms with van der Waals surface area (Å²) >= 11 is 0. The van der Waals surface area contributed by atoms with Crippen LogP contribution in [0.5, 0.6) is 11.5 Å². The zero-order valence-electron chi connectivity index (χ0n) is 16.5. The Balaban J connectivity index is 1.63.